The number of aromatic nitrogens is 3. The average Bonchev–Trinajstić information content (AvgIpc) is 2.90. The molecule has 5 rings (SSSR count). The fourth-order valence-electron chi connectivity index (χ4n) is 5.06. The molecule has 0 unspecified atom stereocenters. The van der Waals surface area contributed by atoms with Crippen LogP contribution in [0.3, 0.4) is 0 Å². The van der Waals surface area contributed by atoms with Crippen LogP contribution < -0.4 is 10.5 Å². The van der Waals surface area contributed by atoms with Gasteiger partial charge in [0.1, 0.15) is 5.52 Å². The van der Waals surface area contributed by atoms with E-state index in [0.717, 1.165) is 51.1 Å². The number of carbonyl (C=O) groups is 1. The molecule has 1 amide bonds. The first-order valence-corrected chi connectivity index (χ1v) is 12.3. The third-order valence-electron chi connectivity index (χ3n) is 7.14. The number of anilines is 1. The van der Waals surface area contributed by atoms with Gasteiger partial charge in [-0.3, -0.25) is 14.2 Å². The van der Waals surface area contributed by atoms with Crippen molar-refractivity contribution in [1.29, 1.82) is 0 Å². The number of rotatable bonds is 5. The van der Waals surface area contributed by atoms with Gasteiger partial charge in [0, 0.05) is 51.4 Å². The number of likely N-dealkylation sites (N-methyl/N-ethyl adjacent to an activating group) is 1. The Morgan fingerprint density at radius 3 is 2.41 bits per heavy atom. The van der Waals surface area contributed by atoms with E-state index in [0.29, 0.717) is 36.6 Å². The zero-order valence-electron chi connectivity index (χ0n) is 19.8. The molecule has 0 radical (unpaired) electrons. The van der Waals surface area contributed by atoms with Crippen molar-refractivity contribution in [3.63, 3.8) is 0 Å². The van der Waals surface area contributed by atoms with E-state index in [9.17, 15) is 9.59 Å². The number of pyridine rings is 1. The summed E-state index contributed by atoms with van der Waals surface area (Å²) < 4.78 is 1.72. The third-order valence-corrected chi connectivity index (χ3v) is 7.14. The van der Waals surface area contributed by atoms with Gasteiger partial charge in [-0.25, -0.2) is 9.97 Å². The minimum absolute atomic E-state index is 0.0260. The molecule has 0 N–H and O–H groups in total. The van der Waals surface area contributed by atoms with E-state index in [2.05, 4.69) is 21.7 Å². The van der Waals surface area contributed by atoms with Crippen LogP contribution in [-0.2, 0) is 11.3 Å². The average molecular weight is 461 g/mol. The predicted molar refractivity (Wildman–Crippen MR) is 133 cm³/mol. The van der Waals surface area contributed by atoms with E-state index < -0.39 is 0 Å². The van der Waals surface area contributed by atoms with Gasteiger partial charge < -0.3 is 14.7 Å². The molecule has 0 spiro atoms. The second-order valence-electron chi connectivity index (χ2n) is 9.18. The van der Waals surface area contributed by atoms with Crippen molar-refractivity contribution in [2.24, 2.45) is 5.92 Å². The van der Waals surface area contributed by atoms with Crippen molar-refractivity contribution in [2.75, 3.05) is 50.7 Å². The van der Waals surface area contributed by atoms with Crippen molar-refractivity contribution in [2.45, 2.75) is 26.3 Å². The predicted octanol–water partition coefficient (Wildman–Crippen LogP) is 2.22. The topological polar surface area (TPSA) is 74.6 Å². The summed E-state index contributed by atoms with van der Waals surface area (Å²) in [5, 5.41) is 0. The number of fused-ring (bicyclic) bond motifs is 1. The van der Waals surface area contributed by atoms with Gasteiger partial charge in [0.15, 0.2) is 11.5 Å². The molecule has 0 aliphatic carbocycles. The summed E-state index contributed by atoms with van der Waals surface area (Å²) in [6.07, 6.45) is 3.19. The van der Waals surface area contributed by atoms with E-state index in [4.69, 9.17) is 4.98 Å². The van der Waals surface area contributed by atoms with E-state index in [1.165, 1.54) is 0 Å². The highest BCUT2D eigenvalue weighted by molar-refractivity contribution is 5.79. The number of hydrogen-bond acceptors (Lipinski definition) is 6. The van der Waals surface area contributed by atoms with Crippen LogP contribution in [0.2, 0.25) is 0 Å². The van der Waals surface area contributed by atoms with Gasteiger partial charge in [-0.05, 0) is 37.1 Å². The lowest BCUT2D eigenvalue weighted by atomic mass is 9.95. The molecule has 4 heterocycles. The number of benzene rings is 1. The van der Waals surface area contributed by atoms with Crippen LogP contribution in [0, 0.1) is 5.92 Å². The summed E-state index contributed by atoms with van der Waals surface area (Å²) in [7, 11) is 0. The molecule has 2 saturated heterocycles. The van der Waals surface area contributed by atoms with Crippen LogP contribution in [0.15, 0.2) is 53.5 Å². The monoisotopic (exact) mass is 460 g/mol. The molecule has 34 heavy (non-hydrogen) atoms. The second kappa shape index (κ2) is 9.93. The molecule has 0 atom stereocenters. The molecule has 2 aliphatic rings. The fourth-order valence-corrected chi connectivity index (χ4v) is 5.06. The van der Waals surface area contributed by atoms with Crippen LogP contribution in [0.5, 0.6) is 0 Å². The standard InChI is InChI=1S/C26H32N6O2/c1-2-29-15-17-31(18-16-29)25(33)21-10-13-30(14-11-21)24-26(34)32(19-20-7-4-3-5-8-20)23-22(28-24)9-6-12-27-23/h3-9,12,21H,2,10-11,13-19H2,1H3. The summed E-state index contributed by atoms with van der Waals surface area (Å²) in [5.41, 5.74) is 2.22. The highest BCUT2D eigenvalue weighted by Crippen LogP contribution is 2.24. The van der Waals surface area contributed by atoms with E-state index in [1.807, 2.05) is 47.4 Å². The minimum Gasteiger partial charge on any atom is -0.352 e. The highest BCUT2D eigenvalue weighted by Gasteiger charge is 2.31. The Labute approximate surface area is 199 Å². The van der Waals surface area contributed by atoms with Crippen LogP contribution in [-0.4, -0.2) is 76.1 Å². The normalized spacial score (nSPS) is 17.9. The largest absolute Gasteiger partial charge is 0.352 e. The van der Waals surface area contributed by atoms with Crippen molar-refractivity contribution >= 4 is 22.9 Å². The maximum absolute atomic E-state index is 13.5. The third kappa shape index (κ3) is 4.55. The van der Waals surface area contributed by atoms with Crippen LogP contribution >= 0.6 is 0 Å². The lowest BCUT2D eigenvalue weighted by Gasteiger charge is -2.38. The van der Waals surface area contributed by atoms with Crippen molar-refractivity contribution in [3.8, 4) is 0 Å². The number of carbonyl (C=O) groups excluding carboxylic acids is 1. The Bertz CT molecular complexity index is 1190. The Kier molecular flexibility index (Phi) is 6.58. The molecule has 2 fully saturated rings. The first kappa shape index (κ1) is 22.5. The molecule has 2 aliphatic heterocycles. The van der Waals surface area contributed by atoms with Crippen LogP contribution in [0.1, 0.15) is 25.3 Å². The number of piperazine rings is 1. The van der Waals surface area contributed by atoms with Gasteiger partial charge >= 0.3 is 0 Å². The minimum atomic E-state index is -0.129. The fraction of sp³-hybridized carbons (Fsp3) is 0.462. The number of nitrogens with zero attached hydrogens (tertiary/aromatic N) is 6. The summed E-state index contributed by atoms with van der Waals surface area (Å²) >= 11 is 0. The van der Waals surface area contributed by atoms with Gasteiger partial charge in [0.25, 0.3) is 5.56 Å². The summed E-state index contributed by atoms with van der Waals surface area (Å²) in [5.74, 6) is 0.754. The van der Waals surface area contributed by atoms with Crippen molar-refractivity contribution in [3.05, 3.63) is 64.6 Å². The Hall–Kier alpha value is -3.26. The summed E-state index contributed by atoms with van der Waals surface area (Å²) in [4.78, 5) is 42.3. The quantitative estimate of drug-likeness (QED) is 0.581. The van der Waals surface area contributed by atoms with Crippen molar-refractivity contribution in [1.82, 2.24) is 24.3 Å². The molecule has 2 aromatic heterocycles. The number of hydrogen-bond donors (Lipinski definition) is 0. The molecular weight excluding hydrogens is 428 g/mol. The summed E-state index contributed by atoms with van der Waals surface area (Å²) in [6, 6.07) is 13.7. The lowest BCUT2D eigenvalue weighted by molar-refractivity contribution is -0.137. The van der Waals surface area contributed by atoms with Crippen LogP contribution in [0.4, 0.5) is 5.82 Å². The molecule has 8 heteroatoms. The molecular formula is C26H32N6O2. The molecule has 178 valence electrons. The van der Waals surface area contributed by atoms with E-state index in [1.54, 1.807) is 10.8 Å². The first-order valence-electron chi connectivity index (χ1n) is 12.3. The molecule has 1 aromatic carbocycles. The molecule has 8 nitrogen and oxygen atoms in total. The lowest BCUT2D eigenvalue weighted by Crippen LogP contribution is -2.51. The van der Waals surface area contributed by atoms with Crippen molar-refractivity contribution < 1.29 is 4.79 Å². The van der Waals surface area contributed by atoms with Gasteiger partial charge in [0.05, 0.1) is 6.54 Å². The Balaban J connectivity index is 1.34. The number of piperidine rings is 1. The molecule has 3 aromatic rings. The molecule has 0 saturated carbocycles. The van der Waals surface area contributed by atoms with Gasteiger partial charge in [-0.15, -0.1) is 0 Å². The summed E-state index contributed by atoms with van der Waals surface area (Å²) in [6.45, 7) is 8.51. The maximum Gasteiger partial charge on any atom is 0.295 e. The van der Waals surface area contributed by atoms with E-state index >= 15 is 0 Å². The van der Waals surface area contributed by atoms with Gasteiger partial charge in [-0.1, -0.05) is 37.3 Å². The van der Waals surface area contributed by atoms with Crippen LogP contribution in [0.25, 0.3) is 11.2 Å². The zero-order chi connectivity index (χ0) is 23.5. The van der Waals surface area contributed by atoms with E-state index in [-0.39, 0.29) is 17.4 Å². The van der Waals surface area contributed by atoms with Gasteiger partial charge in [0.2, 0.25) is 5.91 Å². The maximum atomic E-state index is 13.5. The SMILES string of the molecule is CCN1CCN(C(=O)C2CCN(c3nc4cccnc4n(Cc4ccccc4)c3=O)CC2)CC1. The number of amides is 1. The Morgan fingerprint density at radius 1 is 0.971 bits per heavy atom. The van der Waals surface area contributed by atoms with Gasteiger partial charge in [-0.2, -0.15) is 0 Å². The Morgan fingerprint density at radius 2 is 1.71 bits per heavy atom. The zero-order valence-corrected chi connectivity index (χ0v) is 19.8. The first-order chi connectivity index (χ1) is 16.6. The molecule has 0 bridgehead atoms. The smallest absolute Gasteiger partial charge is 0.295 e. The highest BCUT2D eigenvalue weighted by atomic mass is 16.2. The second-order valence-corrected chi connectivity index (χ2v) is 9.18.